The molecule has 1 aromatic rings. The van der Waals surface area contributed by atoms with Gasteiger partial charge in [0.25, 0.3) is 0 Å². The molecule has 0 unspecified atom stereocenters. The van der Waals surface area contributed by atoms with Crippen LogP contribution in [0.15, 0.2) is 22.7 Å². The Morgan fingerprint density at radius 1 is 1.24 bits per heavy atom. The highest BCUT2D eigenvalue weighted by Gasteiger charge is 2.26. The van der Waals surface area contributed by atoms with E-state index in [2.05, 4.69) is 20.8 Å². The van der Waals surface area contributed by atoms with Gasteiger partial charge in [-0.25, -0.2) is 9.18 Å². The molecule has 1 saturated heterocycles. The summed E-state index contributed by atoms with van der Waals surface area (Å²) in [5, 5.41) is 0. The summed E-state index contributed by atoms with van der Waals surface area (Å²) in [5.74, 6) is -0.276. The Bertz CT molecular complexity index is 523. The number of ether oxygens (including phenoxy) is 1. The zero-order chi connectivity index (χ0) is 15.6. The van der Waals surface area contributed by atoms with Crippen LogP contribution in [0.1, 0.15) is 20.8 Å². The van der Waals surface area contributed by atoms with Crippen molar-refractivity contribution in [3.05, 3.63) is 28.5 Å². The zero-order valence-corrected chi connectivity index (χ0v) is 14.1. The number of anilines is 1. The maximum Gasteiger partial charge on any atom is 0.410 e. The summed E-state index contributed by atoms with van der Waals surface area (Å²) >= 11 is 3.28. The quantitative estimate of drug-likeness (QED) is 0.768. The molecule has 1 aromatic carbocycles. The number of piperazine rings is 1. The lowest BCUT2D eigenvalue weighted by atomic mass is 10.2. The van der Waals surface area contributed by atoms with Crippen molar-refractivity contribution in [3.8, 4) is 0 Å². The summed E-state index contributed by atoms with van der Waals surface area (Å²) in [7, 11) is 0. The van der Waals surface area contributed by atoms with Crippen molar-refractivity contribution in [2.45, 2.75) is 26.4 Å². The summed E-state index contributed by atoms with van der Waals surface area (Å²) < 4.78 is 19.4. The van der Waals surface area contributed by atoms with Gasteiger partial charge < -0.3 is 14.5 Å². The van der Waals surface area contributed by atoms with Gasteiger partial charge in [0.2, 0.25) is 0 Å². The van der Waals surface area contributed by atoms with E-state index in [0.717, 1.165) is 5.69 Å². The SMILES string of the molecule is CC(C)(C)OC(=O)N1CCN(c2cccc(F)c2Br)CC1. The highest BCUT2D eigenvalue weighted by atomic mass is 79.9. The number of halogens is 2. The van der Waals surface area contributed by atoms with Crippen LogP contribution in [0, 0.1) is 5.82 Å². The van der Waals surface area contributed by atoms with Crippen molar-refractivity contribution in [2.75, 3.05) is 31.1 Å². The molecule has 0 aliphatic carbocycles. The van der Waals surface area contributed by atoms with Crippen molar-refractivity contribution >= 4 is 27.7 Å². The van der Waals surface area contributed by atoms with Crippen LogP contribution in [0.5, 0.6) is 0 Å². The molecule has 1 heterocycles. The first-order chi connectivity index (χ1) is 9.78. The number of nitrogens with zero attached hydrogens (tertiary/aromatic N) is 2. The van der Waals surface area contributed by atoms with E-state index in [1.165, 1.54) is 6.07 Å². The molecule has 0 bridgehead atoms. The van der Waals surface area contributed by atoms with Crippen LogP contribution < -0.4 is 4.90 Å². The molecule has 1 amide bonds. The molecule has 0 aromatic heterocycles. The predicted molar refractivity (Wildman–Crippen MR) is 84.1 cm³/mol. The van der Waals surface area contributed by atoms with Gasteiger partial charge in [0, 0.05) is 26.2 Å². The highest BCUT2D eigenvalue weighted by Crippen LogP contribution is 2.29. The number of hydrogen-bond acceptors (Lipinski definition) is 3. The minimum absolute atomic E-state index is 0.276. The van der Waals surface area contributed by atoms with Crippen molar-refractivity contribution in [3.63, 3.8) is 0 Å². The Kier molecular flexibility index (Phi) is 4.76. The van der Waals surface area contributed by atoms with Crippen molar-refractivity contribution in [1.29, 1.82) is 0 Å². The van der Waals surface area contributed by atoms with Crippen molar-refractivity contribution in [2.24, 2.45) is 0 Å². The molecule has 21 heavy (non-hydrogen) atoms. The van der Waals surface area contributed by atoms with Crippen LogP contribution in [0.4, 0.5) is 14.9 Å². The van der Waals surface area contributed by atoms with Crippen LogP contribution >= 0.6 is 15.9 Å². The monoisotopic (exact) mass is 358 g/mol. The molecule has 0 atom stereocenters. The fraction of sp³-hybridized carbons (Fsp3) is 0.533. The fourth-order valence-electron chi connectivity index (χ4n) is 2.19. The predicted octanol–water partition coefficient (Wildman–Crippen LogP) is 3.65. The number of benzene rings is 1. The third kappa shape index (κ3) is 4.09. The van der Waals surface area contributed by atoms with E-state index in [1.54, 1.807) is 11.0 Å². The summed E-state index contributed by atoms with van der Waals surface area (Å²) in [5.41, 5.74) is 0.332. The second kappa shape index (κ2) is 6.22. The maximum atomic E-state index is 13.6. The number of amides is 1. The average molecular weight is 359 g/mol. The molecule has 116 valence electrons. The fourth-order valence-corrected chi connectivity index (χ4v) is 2.71. The zero-order valence-electron chi connectivity index (χ0n) is 12.5. The van der Waals surface area contributed by atoms with Crippen LogP contribution in [-0.2, 0) is 4.74 Å². The molecule has 1 fully saturated rings. The first-order valence-electron chi connectivity index (χ1n) is 6.95. The summed E-state index contributed by atoms with van der Waals surface area (Å²) in [6.07, 6.45) is -0.291. The minimum atomic E-state index is -0.486. The normalized spacial score (nSPS) is 16.0. The Balaban J connectivity index is 1.97. The Morgan fingerprint density at radius 2 is 1.86 bits per heavy atom. The number of carbonyl (C=O) groups excluding carboxylic acids is 1. The maximum absolute atomic E-state index is 13.6. The Hall–Kier alpha value is -1.30. The van der Waals surface area contributed by atoms with Gasteiger partial charge in [0.05, 0.1) is 10.2 Å². The van der Waals surface area contributed by atoms with Gasteiger partial charge in [-0.2, -0.15) is 0 Å². The van der Waals surface area contributed by atoms with E-state index in [4.69, 9.17) is 4.74 Å². The molecule has 2 rings (SSSR count). The molecule has 0 radical (unpaired) electrons. The van der Waals surface area contributed by atoms with Crippen LogP contribution in [0.2, 0.25) is 0 Å². The van der Waals surface area contributed by atoms with Gasteiger partial charge in [0.15, 0.2) is 0 Å². The van der Waals surface area contributed by atoms with Gasteiger partial charge in [-0.1, -0.05) is 6.07 Å². The standard InChI is InChI=1S/C15H20BrFN2O2/c1-15(2,3)21-14(20)19-9-7-18(8-10-19)12-6-4-5-11(17)13(12)16/h4-6H,7-10H2,1-3H3. The molecule has 0 saturated carbocycles. The largest absolute Gasteiger partial charge is 0.444 e. The molecular weight excluding hydrogens is 339 g/mol. The average Bonchev–Trinajstić information content (AvgIpc) is 2.40. The van der Waals surface area contributed by atoms with E-state index in [0.29, 0.717) is 30.7 Å². The van der Waals surface area contributed by atoms with E-state index in [9.17, 15) is 9.18 Å². The van der Waals surface area contributed by atoms with Crippen molar-refractivity contribution < 1.29 is 13.9 Å². The number of hydrogen-bond donors (Lipinski definition) is 0. The molecule has 4 nitrogen and oxygen atoms in total. The number of rotatable bonds is 1. The molecule has 1 aliphatic rings. The van der Waals surface area contributed by atoms with Gasteiger partial charge in [-0.3, -0.25) is 0 Å². The van der Waals surface area contributed by atoms with E-state index in [-0.39, 0.29) is 11.9 Å². The molecule has 6 heteroatoms. The highest BCUT2D eigenvalue weighted by molar-refractivity contribution is 9.10. The second-order valence-corrected chi connectivity index (χ2v) is 6.82. The van der Waals surface area contributed by atoms with Gasteiger partial charge >= 0.3 is 6.09 Å². The molecule has 0 N–H and O–H groups in total. The third-order valence-corrected chi connectivity index (χ3v) is 3.99. The minimum Gasteiger partial charge on any atom is -0.444 e. The lowest BCUT2D eigenvalue weighted by Crippen LogP contribution is -2.50. The van der Waals surface area contributed by atoms with Gasteiger partial charge in [0.1, 0.15) is 11.4 Å². The van der Waals surface area contributed by atoms with E-state index >= 15 is 0 Å². The van der Waals surface area contributed by atoms with E-state index < -0.39 is 5.60 Å². The summed E-state index contributed by atoms with van der Waals surface area (Å²) in [6.45, 7) is 8.00. The second-order valence-electron chi connectivity index (χ2n) is 6.03. The van der Waals surface area contributed by atoms with Crippen LogP contribution in [0.25, 0.3) is 0 Å². The Morgan fingerprint density at radius 3 is 2.43 bits per heavy atom. The first-order valence-corrected chi connectivity index (χ1v) is 7.74. The summed E-state index contributed by atoms with van der Waals surface area (Å²) in [6, 6.07) is 4.98. The van der Waals surface area contributed by atoms with Crippen LogP contribution in [0.3, 0.4) is 0 Å². The van der Waals surface area contributed by atoms with Crippen LogP contribution in [-0.4, -0.2) is 42.8 Å². The molecular formula is C15H20BrFN2O2. The lowest BCUT2D eigenvalue weighted by Gasteiger charge is -2.37. The first kappa shape index (κ1) is 16.1. The lowest BCUT2D eigenvalue weighted by molar-refractivity contribution is 0.0240. The number of carbonyl (C=O) groups is 1. The van der Waals surface area contributed by atoms with Crippen molar-refractivity contribution in [1.82, 2.24) is 4.90 Å². The van der Waals surface area contributed by atoms with Gasteiger partial charge in [-0.05, 0) is 48.8 Å². The Labute approximate surface area is 133 Å². The smallest absolute Gasteiger partial charge is 0.410 e. The third-order valence-electron chi connectivity index (χ3n) is 3.20. The molecule has 1 aliphatic heterocycles. The molecule has 0 spiro atoms. The topological polar surface area (TPSA) is 32.8 Å². The van der Waals surface area contributed by atoms with E-state index in [1.807, 2.05) is 26.8 Å². The summed E-state index contributed by atoms with van der Waals surface area (Å²) in [4.78, 5) is 15.7. The van der Waals surface area contributed by atoms with Gasteiger partial charge in [-0.15, -0.1) is 0 Å².